The molecule has 6 nitrogen and oxygen atoms in total. The third-order valence-corrected chi connectivity index (χ3v) is 5.32. The molecule has 4 aromatic rings. The number of rotatable bonds is 4. The third kappa shape index (κ3) is 3.72. The quantitative estimate of drug-likeness (QED) is 0.549. The maximum Gasteiger partial charge on any atom is 0.293 e. The second-order valence-corrected chi connectivity index (χ2v) is 7.39. The predicted molar refractivity (Wildman–Crippen MR) is 119 cm³/mol. The van der Waals surface area contributed by atoms with Crippen molar-refractivity contribution in [3.05, 3.63) is 78.9 Å². The Morgan fingerprint density at radius 2 is 1.63 bits per heavy atom. The number of carbonyl (C=O) groups excluding carboxylic acids is 1. The van der Waals surface area contributed by atoms with E-state index >= 15 is 0 Å². The number of aromatic nitrogens is 3. The zero-order chi connectivity index (χ0) is 20.3. The van der Waals surface area contributed by atoms with Crippen LogP contribution in [0.15, 0.2) is 73.1 Å². The molecule has 6 heteroatoms. The van der Waals surface area contributed by atoms with Crippen LogP contribution in [-0.2, 0) is 0 Å². The van der Waals surface area contributed by atoms with Gasteiger partial charge in [-0.25, -0.2) is 15.0 Å². The molecule has 0 radical (unpaired) electrons. The summed E-state index contributed by atoms with van der Waals surface area (Å²) in [5.74, 6) is 0.816. The number of hydrogen-bond donors (Lipinski definition) is 1. The van der Waals surface area contributed by atoms with Crippen molar-refractivity contribution >= 4 is 28.3 Å². The van der Waals surface area contributed by atoms with E-state index in [1.54, 1.807) is 12.4 Å². The van der Waals surface area contributed by atoms with Crippen molar-refractivity contribution in [1.82, 2.24) is 15.0 Å². The van der Waals surface area contributed by atoms with Gasteiger partial charge in [0, 0.05) is 42.1 Å². The molecule has 0 saturated carbocycles. The molecule has 1 aliphatic rings. The van der Waals surface area contributed by atoms with Crippen LogP contribution in [0.4, 0.5) is 11.5 Å². The largest absolute Gasteiger partial charge is 0.357 e. The van der Waals surface area contributed by atoms with Gasteiger partial charge in [0.2, 0.25) is 5.82 Å². The van der Waals surface area contributed by atoms with Crippen molar-refractivity contribution in [2.45, 2.75) is 12.8 Å². The third-order valence-electron chi connectivity index (χ3n) is 5.32. The molecule has 1 saturated heterocycles. The number of anilines is 2. The summed E-state index contributed by atoms with van der Waals surface area (Å²) in [5.41, 5.74) is 3.50. The summed E-state index contributed by atoms with van der Waals surface area (Å²) in [7, 11) is 0. The minimum Gasteiger partial charge on any atom is -0.357 e. The molecular weight excluding hydrogens is 374 g/mol. The van der Waals surface area contributed by atoms with Gasteiger partial charge < -0.3 is 10.2 Å². The fourth-order valence-corrected chi connectivity index (χ4v) is 3.73. The van der Waals surface area contributed by atoms with Crippen LogP contribution < -0.4 is 10.2 Å². The topological polar surface area (TPSA) is 71.0 Å². The van der Waals surface area contributed by atoms with Crippen LogP contribution in [0.25, 0.3) is 22.0 Å². The van der Waals surface area contributed by atoms with Crippen molar-refractivity contribution in [1.29, 1.82) is 0 Å². The minimum atomic E-state index is -0.337. The SMILES string of the molecule is O=C(Nc1ccc2nc(N3CCCC3)ccc2c1)c1ncc(-c2ccccc2)cn1. The van der Waals surface area contributed by atoms with Crippen LogP contribution in [-0.4, -0.2) is 33.9 Å². The molecule has 30 heavy (non-hydrogen) atoms. The van der Waals surface area contributed by atoms with E-state index in [0.29, 0.717) is 5.69 Å². The Morgan fingerprint density at radius 1 is 0.867 bits per heavy atom. The van der Waals surface area contributed by atoms with Gasteiger partial charge in [0.05, 0.1) is 5.52 Å². The summed E-state index contributed by atoms with van der Waals surface area (Å²) < 4.78 is 0. The standard InChI is InChI=1S/C24H21N5O/c30-24(23-25-15-19(16-26-23)17-6-2-1-3-7-17)27-20-9-10-21-18(14-20)8-11-22(28-21)29-12-4-5-13-29/h1-3,6-11,14-16H,4-5,12-13H2,(H,27,30). The van der Waals surface area contributed by atoms with Gasteiger partial charge in [0.25, 0.3) is 5.91 Å². The van der Waals surface area contributed by atoms with Crippen LogP contribution in [0.1, 0.15) is 23.5 Å². The highest BCUT2D eigenvalue weighted by molar-refractivity contribution is 6.02. The Kier molecular flexibility index (Phi) is 4.81. The van der Waals surface area contributed by atoms with E-state index in [4.69, 9.17) is 4.98 Å². The first-order valence-corrected chi connectivity index (χ1v) is 10.1. The molecule has 0 atom stereocenters. The van der Waals surface area contributed by atoms with Crippen LogP contribution >= 0.6 is 0 Å². The Balaban J connectivity index is 1.32. The van der Waals surface area contributed by atoms with Crippen molar-refractivity contribution in [2.75, 3.05) is 23.3 Å². The first kappa shape index (κ1) is 18.2. The number of amides is 1. The molecule has 1 amide bonds. The van der Waals surface area contributed by atoms with Crippen LogP contribution in [0, 0.1) is 0 Å². The van der Waals surface area contributed by atoms with E-state index < -0.39 is 0 Å². The molecule has 5 rings (SSSR count). The molecule has 2 aromatic carbocycles. The molecule has 0 spiro atoms. The number of benzene rings is 2. The van der Waals surface area contributed by atoms with Gasteiger partial charge in [-0.05, 0) is 48.7 Å². The number of carbonyl (C=O) groups is 1. The van der Waals surface area contributed by atoms with Crippen molar-refractivity contribution < 1.29 is 4.79 Å². The lowest BCUT2D eigenvalue weighted by Gasteiger charge is -2.16. The van der Waals surface area contributed by atoms with E-state index in [2.05, 4.69) is 26.3 Å². The summed E-state index contributed by atoms with van der Waals surface area (Å²) in [6, 6.07) is 19.7. The number of fused-ring (bicyclic) bond motifs is 1. The van der Waals surface area contributed by atoms with Crippen molar-refractivity contribution in [2.24, 2.45) is 0 Å². The molecule has 3 heterocycles. The van der Waals surface area contributed by atoms with Gasteiger partial charge in [-0.2, -0.15) is 0 Å². The highest BCUT2D eigenvalue weighted by Crippen LogP contribution is 2.24. The van der Waals surface area contributed by atoms with Crippen LogP contribution in [0.3, 0.4) is 0 Å². The van der Waals surface area contributed by atoms with Gasteiger partial charge in [-0.1, -0.05) is 30.3 Å². The van der Waals surface area contributed by atoms with Crippen LogP contribution in [0.2, 0.25) is 0 Å². The van der Waals surface area contributed by atoms with Gasteiger partial charge in [-0.3, -0.25) is 4.79 Å². The maximum absolute atomic E-state index is 12.6. The molecule has 0 bridgehead atoms. The average molecular weight is 395 g/mol. The summed E-state index contributed by atoms with van der Waals surface area (Å²) in [5, 5.41) is 3.86. The van der Waals surface area contributed by atoms with E-state index in [9.17, 15) is 4.79 Å². The molecule has 2 aromatic heterocycles. The zero-order valence-corrected chi connectivity index (χ0v) is 16.5. The van der Waals surface area contributed by atoms with Gasteiger partial charge in [0.1, 0.15) is 5.82 Å². The summed E-state index contributed by atoms with van der Waals surface area (Å²) in [4.78, 5) is 28.1. The van der Waals surface area contributed by atoms with Crippen LogP contribution in [0.5, 0.6) is 0 Å². The predicted octanol–water partition coefficient (Wildman–Crippen LogP) is 4.54. The molecule has 148 valence electrons. The summed E-state index contributed by atoms with van der Waals surface area (Å²) in [6.45, 7) is 2.13. The average Bonchev–Trinajstić information content (AvgIpc) is 3.34. The Hall–Kier alpha value is -3.80. The Morgan fingerprint density at radius 3 is 2.40 bits per heavy atom. The molecule has 1 aliphatic heterocycles. The molecule has 0 unspecified atom stereocenters. The lowest BCUT2D eigenvalue weighted by atomic mass is 10.1. The van der Waals surface area contributed by atoms with E-state index in [0.717, 1.165) is 40.9 Å². The maximum atomic E-state index is 12.6. The lowest BCUT2D eigenvalue weighted by Crippen LogP contribution is -2.18. The monoisotopic (exact) mass is 395 g/mol. The second-order valence-electron chi connectivity index (χ2n) is 7.39. The minimum absolute atomic E-state index is 0.136. The van der Waals surface area contributed by atoms with E-state index in [-0.39, 0.29) is 11.7 Å². The summed E-state index contributed by atoms with van der Waals surface area (Å²) >= 11 is 0. The smallest absolute Gasteiger partial charge is 0.293 e. The summed E-state index contributed by atoms with van der Waals surface area (Å²) in [6.07, 6.45) is 5.78. The van der Waals surface area contributed by atoms with Crippen molar-refractivity contribution in [3.8, 4) is 11.1 Å². The van der Waals surface area contributed by atoms with Gasteiger partial charge in [-0.15, -0.1) is 0 Å². The fraction of sp³-hybridized carbons (Fsp3) is 0.167. The normalized spacial score (nSPS) is 13.5. The number of hydrogen-bond acceptors (Lipinski definition) is 5. The molecule has 1 N–H and O–H groups in total. The second kappa shape index (κ2) is 7.91. The lowest BCUT2D eigenvalue weighted by molar-refractivity contribution is 0.101. The molecular formula is C24H21N5O. The number of pyridine rings is 1. The first-order valence-electron chi connectivity index (χ1n) is 10.1. The molecule has 0 aliphatic carbocycles. The van der Waals surface area contributed by atoms with Gasteiger partial charge >= 0.3 is 0 Å². The fourth-order valence-electron chi connectivity index (χ4n) is 3.73. The van der Waals surface area contributed by atoms with E-state index in [1.165, 1.54) is 12.8 Å². The number of nitrogens with one attached hydrogen (secondary N) is 1. The van der Waals surface area contributed by atoms with Crippen molar-refractivity contribution in [3.63, 3.8) is 0 Å². The first-order chi connectivity index (χ1) is 14.8. The number of nitrogens with zero attached hydrogens (tertiary/aromatic N) is 4. The van der Waals surface area contributed by atoms with Gasteiger partial charge in [0.15, 0.2) is 0 Å². The van der Waals surface area contributed by atoms with E-state index in [1.807, 2.05) is 54.6 Å². The zero-order valence-electron chi connectivity index (χ0n) is 16.5. The Bertz CT molecular complexity index is 1190. The Labute approximate surface area is 174 Å². The highest BCUT2D eigenvalue weighted by Gasteiger charge is 2.14. The molecule has 1 fully saturated rings. The highest BCUT2D eigenvalue weighted by atomic mass is 16.2.